The predicted octanol–water partition coefficient (Wildman–Crippen LogP) is 8.25. The summed E-state index contributed by atoms with van der Waals surface area (Å²) in [5.41, 5.74) is 11.3. The van der Waals surface area contributed by atoms with Gasteiger partial charge in [0.1, 0.15) is 24.7 Å². The number of aliphatic hydroxyl groups excluding tert-OH is 2. The number of benzene rings is 4. The molecule has 0 bridgehead atoms. The smallest absolute Gasteiger partial charge is 0.119 e. The predicted molar refractivity (Wildman–Crippen MR) is 176 cm³/mol. The zero-order chi connectivity index (χ0) is 29.2. The number of hydrogen-bond acceptors (Lipinski definition) is 6. The highest BCUT2D eigenvalue weighted by molar-refractivity contribution is 7.08. The molecule has 0 fully saturated rings. The zero-order valence-electron chi connectivity index (χ0n) is 23.4. The van der Waals surface area contributed by atoms with Crippen molar-refractivity contribution >= 4 is 22.7 Å². The van der Waals surface area contributed by atoms with Gasteiger partial charge in [0.2, 0.25) is 0 Å². The lowest BCUT2D eigenvalue weighted by Gasteiger charge is -2.34. The van der Waals surface area contributed by atoms with Crippen LogP contribution in [0, 0.1) is 0 Å². The Bertz CT molecular complexity index is 1690. The molecule has 6 heteroatoms. The Morgan fingerprint density at radius 2 is 0.953 bits per heavy atom. The minimum atomic E-state index is -0.617. The summed E-state index contributed by atoms with van der Waals surface area (Å²) in [6.45, 7) is 0.431. The maximum absolute atomic E-state index is 9.30. The van der Waals surface area contributed by atoms with Gasteiger partial charge in [0.15, 0.2) is 0 Å². The Kier molecular flexibility index (Phi) is 7.59. The van der Waals surface area contributed by atoms with Crippen molar-refractivity contribution in [3.05, 3.63) is 141 Å². The number of fused-ring (bicyclic) bond motifs is 3. The minimum Gasteiger partial charge on any atom is -0.491 e. The third-order valence-corrected chi connectivity index (χ3v) is 9.51. The fourth-order valence-corrected chi connectivity index (χ4v) is 7.59. The van der Waals surface area contributed by atoms with Gasteiger partial charge in [-0.2, -0.15) is 22.7 Å². The van der Waals surface area contributed by atoms with E-state index in [2.05, 4.69) is 94.3 Å². The monoisotopic (exact) mass is 602 g/mol. The molecular weight excluding hydrogens is 573 g/mol. The molecule has 4 aromatic carbocycles. The molecule has 43 heavy (non-hydrogen) atoms. The largest absolute Gasteiger partial charge is 0.491 e. The summed E-state index contributed by atoms with van der Waals surface area (Å²) in [7, 11) is 0. The molecule has 0 spiro atoms. The molecule has 2 N–H and O–H groups in total. The number of ether oxygens (including phenoxy) is 2. The van der Waals surface area contributed by atoms with Crippen molar-refractivity contribution < 1.29 is 19.7 Å². The van der Waals surface area contributed by atoms with E-state index in [0.29, 0.717) is 0 Å². The zero-order valence-corrected chi connectivity index (χ0v) is 25.0. The lowest BCUT2D eigenvalue weighted by Crippen LogP contribution is -2.28. The van der Waals surface area contributed by atoms with Crippen LogP contribution in [0.4, 0.5) is 0 Å². The first-order valence-electron chi connectivity index (χ1n) is 14.3. The van der Waals surface area contributed by atoms with Gasteiger partial charge in [-0.05, 0) is 126 Å². The van der Waals surface area contributed by atoms with Gasteiger partial charge in [-0.1, -0.05) is 48.5 Å². The first-order valence-corrected chi connectivity index (χ1v) is 16.1. The standard InChI is InChI=1S/C37H30O4S2/c38-15-17-40-31-7-3-29(4-8-31)37(30-5-9-32(10-6-30)41-18-16-39)35-21-25(27-13-19-42-23-27)1-11-33(35)34-12-2-26(22-36(34)37)28-14-20-43-24-28/h1-14,19-24,38-39H,15-18H2. The Hall–Kier alpha value is -4.20. The molecule has 0 atom stereocenters. The van der Waals surface area contributed by atoms with Gasteiger partial charge in [0.25, 0.3) is 0 Å². The maximum atomic E-state index is 9.30. The second-order valence-corrected chi connectivity index (χ2v) is 12.0. The molecule has 1 aliphatic carbocycles. The fraction of sp³-hybridized carbons (Fsp3) is 0.135. The molecule has 2 aromatic heterocycles. The quantitative estimate of drug-likeness (QED) is 0.166. The summed E-state index contributed by atoms with van der Waals surface area (Å²) in [6.07, 6.45) is 0. The van der Waals surface area contributed by atoms with Gasteiger partial charge >= 0.3 is 0 Å². The van der Waals surface area contributed by atoms with Crippen LogP contribution in [-0.4, -0.2) is 36.6 Å². The molecule has 2 heterocycles. The van der Waals surface area contributed by atoms with E-state index in [1.165, 1.54) is 44.5 Å². The summed E-state index contributed by atoms with van der Waals surface area (Å²) in [4.78, 5) is 0. The highest BCUT2D eigenvalue weighted by atomic mass is 32.1. The highest BCUT2D eigenvalue weighted by Crippen LogP contribution is 2.57. The SMILES string of the molecule is OCCOc1ccc(C2(c3ccc(OCCO)cc3)c3cc(-c4ccsc4)ccc3-c3ccc(-c4ccsc4)cc32)cc1. The van der Waals surface area contributed by atoms with E-state index in [0.717, 1.165) is 22.6 Å². The van der Waals surface area contributed by atoms with E-state index in [4.69, 9.17) is 9.47 Å². The molecule has 7 rings (SSSR count). The lowest BCUT2D eigenvalue weighted by atomic mass is 9.67. The van der Waals surface area contributed by atoms with Crippen molar-refractivity contribution in [2.24, 2.45) is 0 Å². The topological polar surface area (TPSA) is 58.9 Å². The summed E-state index contributed by atoms with van der Waals surface area (Å²) < 4.78 is 11.5. The first-order chi connectivity index (χ1) is 21.2. The average molecular weight is 603 g/mol. The third kappa shape index (κ3) is 4.86. The van der Waals surface area contributed by atoms with Crippen LogP contribution < -0.4 is 9.47 Å². The number of thiophene rings is 2. The molecule has 0 saturated carbocycles. The Morgan fingerprint density at radius 1 is 0.512 bits per heavy atom. The van der Waals surface area contributed by atoms with Crippen LogP contribution in [-0.2, 0) is 5.41 Å². The van der Waals surface area contributed by atoms with E-state index in [1.54, 1.807) is 22.7 Å². The summed E-state index contributed by atoms with van der Waals surface area (Å²) in [6, 6.07) is 34.6. The van der Waals surface area contributed by atoms with Crippen LogP contribution in [0.25, 0.3) is 33.4 Å². The Labute approximate surface area is 259 Å². The molecule has 0 unspecified atom stereocenters. The van der Waals surface area contributed by atoms with E-state index in [1.807, 2.05) is 24.3 Å². The van der Waals surface area contributed by atoms with Gasteiger partial charge in [-0.25, -0.2) is 0 Å². The normalized spacial score (nSPS) is 13.0. The van der Waals surface area contributed by atoms with E-state index >= 15 is 0 Å². The van der Waals surface area contributed by atoms with E-state index in [-0.39, 0.29) is 26.4 Å². The van der Waals surface area contributed by atoms with Crippen molar-refractivity contribution in [1.29, 1.82) is 0 Å². The second-order valence-electron chi connectivity index (χ2n) is 10.5. The van der Waals surface area contributed by atoms with Crippen molar-refractivity contribution in [1.82, 2.24) is 0 Å². The van der Waals surface area contributed by atoms with E-state index < -0.39 is 5.41 Å². The van der Waals surface area contributed by atoms with Crippen molar-refractivity contribution in [2.75, 3.05) is 26.4 Å². The van der Waals surface area contributed by atoms with Crippen LogP contribution in [0.15, 0.2) is 119 Å². The summed E-state index contributed by atoms with van der Waals surface area (Å²) in [5, 5.41) is 27.2. The highest BCUT2D eigenvalue weighted by Gasteiger charge is 2.46. The minimum absolute atomic E-state index is 0.0339. The second kappa shape index (κ2) is 11.8. The van der Waals surface area contributed by atoms with E-state index in [9.17, 15) is 10.2 Å². The van der Waals surface area contributed by atoms with Gasteiger partial charge in [0, 0.05) is 0 Å². The van der Waals surface area contributed by atoms with Gasteiger partial charge in [-0.15, -0.1) is 0 Å². The van der Waals surface area contributed by atoms with Crippen LogP contribution in [0.2, 0.25) is 0 Å². The Morgan fingerprint density at radius 3 is 1.33 bits per heavy atom. The van der Waals surface area contributed by atoms with Crippen LogP contribution in [0.3, 0.4) is 0 Å². The first kappa shape index (κ1) is 27.6. The Balaban J connectivity index is 1.51. The number of rotatable bonds is 10. The van der Waals surface area contributed by atoms with Crippen LogP contribution in [0.5, 0.6) is 11.5 Å². The molecular formula is C37H30O4S2. The molecule has 4 nitrogen and oxygen atoms in total. The van der Waals surface area contributed by atoms with Crippen molar-refractivity contribution in [3.63, 3.8) is 0 Å². The molecule has 0 aliphatic heterocycles. The molecule has 214 valence electrons. The van der Waals surface area contributed by atoms with Gasteiger partial charge in [0.05, 0.1) is 18.6 Å². The number of hydrogen-bond donors (Lipinski definition) is 2. The summed E-state index contributed by atoms with van der Waals surface area (Å²) in [5.74, 6) is 1.44. The summed E-state index contributed by atoms with van der Waals surface area (Å²) >= 11 is 3.40. The molecule has 0 saturated heterocycles. The maximum Gasteiger partial charge on any atom is 0.119 e. The molecule has 0 amide bonds. The lowest BCUT2D eigenvalue weighted by molar-refractivity contribution is 0.201. The van der Waals surface area contributed by atoms with Crippen molar-refractivity contribution in [3.8, 4) is 44.9 Å². The number of aliphatic hydroxyl groups is 2. The average Bonchev–Trinajstić information content (AvgIpc) is 3.84. The fourth-order valence-electron chi connectivity index (χ4n) is 6.26. The molecule has 6 aromatic rings. The van der Waals surface area contributed by atoms with Crippen molar-refractivity contribution in [2.45, 2.75) is 5.41 Å². The van der Waals surface area contributed by atoms with Crippen LogP contribution in [0.1, 0.15) is 22.3 Å². The van der Waals surface area contributed by atoms with Gasteiger partial charge < -0.3 is 19.7 Å². The molecule has 0 radical (unpaired) electrons. The third-order valence-electron chi connectivity index (χ3n) is 8.14. The molecule has 1 aliphatic rings. The van der Waals surface area contributed by atoms with Crippen LogP contribution >= 0.6 is 22.7 Å². The van der Waals surface area contributed by atoms with Gasteiger partial charge in [-0.3, -0.25) is 0 Å².